The number of hydrogen-bond acceptors (Lipinski definition) is 4. The minimum Gasteiger partial charge on any atom is -0.341 e. The first-order valence-electron chi connectivity index (χ1n) is 9.49. The average Bonchev–Trinajstić information content (AvgIpc) is 2.71. The van der Waals surface area contributed by atoms with Crippen LogP contribution in [0.2, 0.25) is 0 Å². The normalized spacial score (nSPS) is 15.0. The summed E-state index contributed by atoms with van der Waals surface area (Å²) in [7, 11) is 1.56. The van der Waals surface area contributed by atoms with E-state index >= 15 is 0 Å². The van der Waals surface area contributed by atoms with Gasteiger partial charge in [-0.05, 0) is 29.8 Å². The summed E-state index contributed by atoms with van der Waals surface area (Å²) in [6, 6.07) is 17.3. The highest BCUT2D eigenvalue weighted by molar-refractivity contribution is 5.93. The average molecular weight is 381 g/mol. The van der Waals surface area contributed by atoms with Crippen molar-refractivity contribution < 1.29 is 9.59 Å². The molecular weight excluding hydrogens is 354 g/mol. The van der Waals surface area contributed by atoms with E-state index in [4.69, 9.17) is 0 Å². The molecule has 7 heteroatoms. The highest BCUT2D eigenvalue weighted by Crippen LogP contribution is 2.14. The van der Waals surface area contributed by atoms with Crippen LogP contribution in [0, 0.1) is 0 Å². The second-order valence-corrected chi connectivity index (χ2v) is 6.87. The van der Waals surface area contributed by atoms with Gasteiger partial charge in [-0.25, -0.2) is 4.79 Å². The van der Waals surface area contributed by atoms with Crippen LogP contribution in [-0.4, -0.2) is 61.5 Å². The van der Waals surface area contributed by atoms with Crippen molar-refractivity contribution in [3.8, 4) is 0 Å². The molecule has 3 rings (SSSR count). The lowest BCUT2D eigenvalue weighted by Gasteiger charge is -2.34. The molecule has 1 aliphatic heterocycles. The maximum absolute atomic E-state index is 12.3. The summed E-state index contributed by atoms with van der Waals surface area (Å²) < 4.78 is 0. The molecule has 0 saturated carbocycles. The van der Waals surface area contributed by atoms with E-state index in [1.165, 1.54) is 5.56 Å². The van der Waals surface area contributed by atoms with Crippen molar-refractivity contribution in [2.24, 2.45) is 0 Å². The first-order valence-corrected chi connectivity index (χ1v) is 9.49. The second-order valence-electron chi connectivity index (χ2n) is 6.87. The van der Waals surface area contributed by atoms with E-state index in [9.17, 15) is 9.59 Å². The van der Waals surface area contributed by atoms with Crippen LogP contribution in [0.5, 0.6) is 0 Å². The highest BCUT2D eigenvalue weighted by Gasteiger charge is 2.19. The highest BCUT2D eigenvalue weighted by atomic mass is 16.2. The molecule has 0 radical (unpaired) electrons. The fourth-order valence-corrected chi connectivity index (χ4v) is 3.18. The third kappa shape index (κ3) is 6.07. The number of nitrogens with zero attached hydrogens (tertiary/aromatic N) is 2. The molecule has 7 nitrogen and oxygen atoms in total. The summed E-state index contributed by atoms with van der Waals surface area (Å²) in [6.07, 6.45) is 0. The Hall–Kier alpha value is -2.90. The van der Waals surface area contributed by atoms with E-state index in [1.54, 1.807) is 31.3 Å². The molecule has 0 bridgehead atoms. The molecule has 28 heavy (non-hydrogen) atoms. The van der Waals surface area contributed by atoms with Crippen molar-refractivity contribution in [2.75, 3.05) is 50.4 Å². The zero-order valence-electron chi connectivity index (χ0n) is 16.1. The van der Waals surface area contributed by atoms with Gasteiger partial charge in [-0.2, -0.15) is 0 Å². The number of rotatable bonds is 6. The van der Waals surface area contributed by atoms with Crippen LogP contribution in [0.15, 0.2) is 54.6 Å². The summed E-state index contributed by atoms with van der Waals surface area (Å²) in [4.78, 5) is 28.2. The number of hydrogen-bond donors (Lipinski definition) is 3. The largest absolute Gasteiger partial charge is 0.341 e. The first-order chi connectivity index (χ1) is 13.6. The van der Waals surface area contributed by atoms with E-state index in [0.29, 0.717) is 12.2 Å². The first kappa shape index (κ1) is 19.9. The number of nitrogens with one attached hydrogen (secondary N) is 3. The molecule has 148 valence electrons. The molecule has 1 saturated heterocycles. The Labute approximate surface area is 165 Å². The molecule has 0 atom stereocenters. The zero-order valence-corrected chi connectivity index (χ0v) is 16.1. The van der Waals surface area contributed by atoms with Gasteiger partial charge in [0.2, 0.25) is 5.91 Å². The maximum Gasteiger partial charge on any atom is 0.318 e. The molecule has 1 fully saturated rings. The van der Waals surface area contributed by atoms with Gasteiger partial charge < -0.3 is 16.0 Å². The van der Waals surface area contributed by atoms with Gasteiger partial charge in [0.1, 0.15) is 0 Å². The fourth-order valence-electron chi connectivity index (χ4n) is 3.18. The number of urea groups is 1. The van der Waals surface area contributed by atoms with Gasteiger partial charge in [-0.3, -0.25) is 14.6 Å². The second kappa shape index (κ2) is 9.87. The van der Waals surface area contributed by atoms with Gasteiger partial charge >= 0.3 is 6.03 Å². The van der Waals surface area contributed by atoms with E-state index in [1.807, 2.05) is 6.07 Å². The van der Waals surface area contributed by atoms with Crippen LogP contribution >= 0.6 is 0 Å². The third-order valence-corrected chi connectivity index (χ3v) is 4.73. The van der Waals surface area contributed by atoms with Gasteiger partial charge in [0.25, 0.3) is 0 Å². The van der Waals surface area contributed by atoms with Crippen LogP contribution < -0.4 is 16.0 Å². The van der Waals surface area contributed by atoms with Gasteiger partial charge in [0, 0.05) is 51.1 Å². The molecule has 0 aromatic heterocycles. The molecule has 2 aromatic rings. The smallest absolute Gasteiger partial charge is 0.318 e. The number of benzene rings is 2. The van der Waals surface area contributed by atoms with Gasteiger partial charge in [-0.1, -0.05) is 30.3 Å². The Morgan fingerprint density at radius 1 is 0.821 bits per heavy atom. The molecule has 1 heterocycles. The van der Waals surface area contributed by atoms with Crippen LogP contribution in [0.3, 0.4) is 0 Å². The van der Waals surface area contributed by atoms with Crippen molar-refractivity contribution in [3.63, 3.8) is 0 Å². The van der Waals surface area contributed by atoms with Gasteiger partial charge in [0.05, 0.1) is 6.54 Å². The van der Waals surface area contributed by atoms with Crippen LogP contribution in [0.4, 0.5) is 16.2 Å². The van der Waals surface area contributed by atoms with Gasteiger partial charge in [-0.15, -0.1) is 0 Å². The lowest BCUT2D eigenvalue weighted by Crippen LogP contribution is -2.48. The molecule has 3 amide bonds. The maximum atomic E-state index is 12.3. The van der Waals surface area contributed by atoms with E-state index < -0.39 is 0 Å². The fraction of sp³-hybridized carbons (Fsp3) is 0.333. The SMILES string of the molecule is CNC(=O)Nc1ccc(NC(=O)CN2CCN(Cc3ccccc3)CC2)cc1. The van der Waals surface area contributed by atoms with Crippen molar-refractivity contribution in [3.05, 3.63) is 60.2 Å². The zero-order chi connectivity index (χ0) is 19.8. The Bertz CT molecular complexity index is 771. The number of anilines is 2. The Morgan fingerprint density at radius 3 is 2.00 bits per heavy atom. The predicted octanol–water partition coefficient (Wildman–Crippen LogP) is 2.19. The summed E-state index contributed by atoms with van der Waals surface area (Å²) in [5, 5.41) is 8.09. The van der Waals surface area contributed by atoms with E-state index in [-0.39, 0.29) is 11.9 Å². The summed E-state index contributed by atoms with van der Waals surface area (Å²) in [6.45, 7) is 5.03. The lowest BCUT2D eigenvalue weighted by molar-refractivity contribution is -0.117. The topological polar surface area (TPSA) is 76.7 Å². The summed E-state index contributed by atoms with van der Waals surface area (Å²) in [5.41, 5.74) is 2.71. The quantitative estimate of drug-likeness (QED) is 0.717. The predicted molar refractivity (Wildman–Crippen MR) is 111 cm³/mol. The minimum absolute atomic E-state index is 0.0245. The van der Waals surface area contributed by atoms with E-state index in [0.717, 1.165) is 38.4 Å². The van der Waals surface area contributed by atoms with Crippen LogP contribution in [0.25, 0.3) is 0 Å². The molecular formula is C21H27N5O2. The number of carbonyl (C=O) groups is 2. The Morgan fingerprint density at radius 2 is 1.39 bits per heavy atom. The Kier molecular flexibility index (Phi) is 7.00. The monoisotopic (exact) mass is 381 g/mol. The number of piperazine rings is 1. The molecule has 3 N–H and O–H groups in total. The number of amides is 3. The van der Waals surface area contributed by atoms with Crippen molar-refractivity contribution in [1.82, 2.24) is 15.1 Å². The Balaban J connectivity index is 1.40. The minimum atomic E-state index is -0.275. The molecule has 0 unspecified atom stereocenters. The van der Waals surface area contributed by atoms with Gasteiger partial charge in [0.15, 0.2) is 0 Å². The van der Waals surface area contributed by atoms with Crippen molar-refractivity contribution in [1.29, 1.82) is 0 Å². The molecule has 0 spiro atoms. The molecule has 2 aromatic carbocycles. The molecule has 0 aliphatic carbocycles. The van der Waals surface area contributed by atoms with Crippen molar-refractivity contribution >= 4 is 23.3 Å². The summed E-state index contributed by atoms with van der Waals surface area (Å²) in [5.74, 6) is -0.0245. The standard InChI is InChI=1S/C21H27N5O2/c1-22-21(28)24-19-9-7-18(8-10-19)23-20(27)16-26-13-11-25(12-14-26)15-17-5-3-2-4-6-17/h2-10H,11-16H2,1H3,(H,23,27)(H2,22,24,28). The summed E-state index contributed by atoms with van der Waals surface area (Å²) >= 11 is 0. The third-order valence-electron chi connectivity index (χ3n) is 4.73. The molecule has 1 aliphatic rings. The van der Waals surface area contributed by atoms with Crippen LogP contribution in [-0.2, 0) is 11.3 Å². The van der Waals surface area contributed by atoms with Crippen molar-refractivity contribution in [2.45, 2.75) is 6.54 Å². The lowest BCUT2D eigenvalue weighted by atomic mass is 10.2. The van der Waals surface area contributed by atoms with E-state index in [2.05, 4.69) is 50.0 Å². The number of carbonyl (C=O) groups excluding carboxylic acids is 2. The van der Waals surface area contributed by atoms with Crippen LogP contribution in [0.1, 0.15) is 5.56 Å².